The second kappa shape index (κ2) is 9.40. The fourth-order valence-corrected chi connectivity index (χ4v) is 3.66. The van der Waals surface area contributed by atoms with Gasteiger partial charge >= 0.3 is 6.18 Å². The van der Waals surface area contributed by atoms with Crippen LogP contribution in [0.25, 0.3) is 0 Å². The van der Waals surface area contributed by atoms with E-state index in [-0.39, 0.29) is 29.2 Å². The molecule has 162 valence electrons. The highest BCUT2D eigenvalue weighted by atomic mass is 32.2. The van der Waals surface area contributed by atoms with Crippen molar-refractivity contribution >= 4 is 21.7 Å². The lowest BCUT2D eigenvalue weighted by atomic mass is 10.0. The van der Waals surface area contributed by atoms with Crippen LogP contribution in [0.3, 0.4) is 0 Å². The standard InChI is InChI=1S/C20H21F3N2O4S/c1-13(16-4-3-5-17(12-16)20(21,22)23)25-19(27)10-11-24-30(28,29)18-8-6-15(7-9-18)14(2)26/h3-9,12-13,24H,10-11H2,1-2H3,(H,25,27). The van der Waals surface area contributed by atoms with Crippen molar-refractivity contribution in [2.45, 2.75) is 37.4 Å². The summed E-state index contributed by atoms with van der Waals surface area (Å²) in [7, 11) is -3.87. The van der Waals surface area contributed by atoms with Crippen LogP contribution >= 0.6 is 0 Å². The molecule has 0 heterocycles. The van der Waals surface area contributed by atoms with Gasteiger partial charge in [-0.2, -0.15) is 13.2 Å². The zero-order valence-corrected chi connectivity index (χ0v) is 17.1. The minimum absolute atomic E-state index is 0.0507. The van der Waals surface area contributed by atoms with Crippen LogP contribution in [0.5, 0.6) is 0 Å². The van der Waals surface area contributed by atoms with E-state index < -0.39 is 33.7 Å². The third-order valence-electron chi connectivity index (χ3n) is 4.31. The molecule has 0 radical (unpaired) electrons. The van der Waals surface area contributed by atoms with Crippen molar-refractivity contribution in [2.75, 3.05) is 6.54 Å². The number of Topliss-reactive ketones (excluding diaryl/α,β-unsaturated/α-hetero) is 1. The minimum Gasteiger partial charge on any atom is -0.350 e. The molecule has 0 aliphatic heterocycles. The molecule has 0 aliphatic carbocycles. The van der Waals surface area contributed by atoms with Gasteiger partial charge in [0.25, 0.3) is 0 Å². The minimum atomic E-state index is -4.49. The maximum Gasteiger partial charge on any atom is 0.416 e. The van der Waals surface area contributed by atoms with E-state index in [1.165, 1.54) is 50.2 Å². The van der Waals surface area contributed by atoms with Crippen LogP contribution in [0.1, 0.15) is 47.8 Å². The Bertz CT molecular complexity index is 1020. The van der Waals surface area contributed by atoms with Gasteiger partial charge in [-0.3, -0.25) is 9.59 Å². The summed E-state index contributed by atoms with van der Waals surface area (Å²) < 4.78 is 65.2. The van der Waals surface area contributed by atoms with E-state index in [9.17, 15) is 31.2 Å². The summed E-state index contributed by atoms with van der Waals surface area (Å²) in [5, 5.41) is 2.54. The molecule has 0 saturated heterocycles. The van der Waals surface area contributed by atoms with Crippen LogP contribution in [0.2, 0.25) is 0 Å². The maximum absolute atomic E-state index is 12.8. The van der Waals surface area contributed by atoms with E-state index >= 15 is 0 Å². The predicted octanol–water partition coefficient (Wildman–Crippen LogP) is 3.45. The highest BCUT2D eigenvalue weighted by Gasteiger charge is 2.30. The number of ketones is 1. The molecule has 1 amide bonds. The Labute approximate surface area is 172 Å². The van der Waals surface area contributed by atoms with Gasteiger partial charge in [0.15, 0.2) is 5.78 Å². The van der Waals surface area contributed by atoms with Crippen LogP contribution in [0, 0.1) is 0 Å². The molecular formula is C20H21F3N2O4S. The number of halogens is 3. The number of rotatable bonds is 8. The monoisotopic (exact) mass is 442 g/mol. The van der Waals surface area contributed by atoms with Gasteiger partial charge in [0, 0.05) is 18.5 Å². The molecule has 10 heteroatoms. The SMILES string of the molecule is CC(=O)c1ccc(S(=O)(=O)NCCC(=O)NC(C)c2cccc(C(F)(F)F)c2)cc1. The summed E-state index contributed by atoms with van der Waals surface area (Å²) in [6, 6.07) is 9.29. The highest BCUT2D eigenvalue weighted by Crippen LogP contribution is 2.30. The van der Waals surface area contributed by atoms with Gasteiger partial charge in [0.1, 0.15) is 0 Å². The summed E-state index contributed by atoms with van der Waals surface area (Å²) in [6.45, 7) is 2.70. The first kappa shape index (κ1) is 23.6. The molecule has 0 spiro atoms. The Morgan fingerprint density at radius 3 is 2.27 bits per heavy atom. The molecular weight excluding hydrogens is 421 g/mol. The van der Waals surface area contributed by atoms with E-state index in [2.05, 4.69) is 10.0 Å². The highest BCUT2D eigenvalue weighted by molar-refractivity contribution is 7.89. The quantitative estimate of drug-likeness (QED) is 0.613. The largest absolute Gasteiger partial charge is 0.416 e. The fraction of sp³-hybridized carbons (Fsp3) is 0.300. The first-order valence-electron chi connectivity index (χ1n) is 8.97. The molecule has 2 aromatic rings. The summed E-state index contributed by atoms with van der Waals surface area (Å²) in [6.07, 6.45) is -4.69. The number of hydrogen-bond acceptors (Lipinski definition) is 4. The number of carbonyl (C=O) groups is 2. The Hall–Kier alpha value is -2.72. The Morgan fingerprint density at radius 1 is 1.07 bits per heavy atom. The van der Waals surface area contributed by atoms with Gasteiger partial charge in [0.2, 0.25) is 15.9 Å². The van der Waals surface area contributed by atoms with Gasteiger partial charge in [-0.25, -0.2) is 13.1 Å². The van der Waals surface area contributed by atoms with Crippen molar-refractivity contribution in [1.29, 1.82) is 0 Å². The van der Waals surface area contributed by atoms with Gasteiger partial charge in [-0.15, -0.1) is 0 Å². The first-order chi connectivity index (χ1) is 13.9. The average Bonchev–Trinajstić information content (AvgIpc) is 2.67. The van der Waals surface area contributed by atoms with Crippen molar-refractivity contribution < 1.29 is 31.2 Å². The summed E-state index contributed by atoms with van der Waals surface area (Å²) in [5.41, 5.74) is -0.161. The third-order valence-corrected chi connectivity index (χ3v) is 5.78. The molecule has 1 atom stereocenters. The van der Waals surface area contributed by atoms with E-state index in [0.29, 0.717) is 5.56 Å². The fourth-order valence-electron chi connectivity index (χ4n) is 2.63. The van der Waals surface area contributed by atoms with E-state index in [1.807, 2.05) is 0 Å². The van der Waals surface area contributed by atoms with Gasteiger partial charge < -0.3 is 5.32 Å². The van der Waals surface area contributed by atoms with Crippen molar-refractivity contribution in [3.63, 3.8) is 0 Å². The van der Waals surface area contributed by atoms with E-state index in [0.717, 1.165) is 12.1 Å². The first-order valence-corrected chi connectivity index (χ1v) is 10.5. The van der Waals surface area contributed by atoms with Crippen molar-refractivity contribution in [3.8, 4) is 0 Å². The van der Waals surface area contributed by atoms with Crippen molar-refractivity contribution in [1.82, 2.24) is 10.0 Å². The Kier molecular flexibility index (Phi) is 7.38. The van der Waals surface area contributed by atoms with Crippen LogP contribution in [-0.4, -0.2) is 26.7 Å². The Morgan fingerprint density at radius 2 is 1.70 bits per heavy atom. The number of amides is 1. The molecule has 30 heavy (non-hydrogen) atoms. The lowest BCUT2D eigenvalue weighted by Gasteiger charge is -2.16. The third kappa shape index (κ3) is 6.39. The molecule has 2 N–H and O–H groups in total. The molecule has 2 aromatic carbocycles. The lowest BCUT2D eigenvalue weighted by molar-refractivity contribution is -0.137. The van der Waals surface area contributed by atoms with Crippen LogP contribution in [0.15, 0.2) is 53.4 Å². The zero-order chi connectivity index (χ0) is 22.5. The zero-order valence-electron chi connectivity index (χ0n) is 16.3. The smallest absolute Gasteiger partial charge is 0.350 e. The van der Waals surface area contributed by atoms with Crippen LogP contribution in [-0.2, 0) is 21.0 Å². The topological polar surface area (TPSA) is 92.3 Å². The molecule has 0 fully saturated rings. The summed E-state index contributed by atoms with van der Waals surface area (Å²) in [5.74, 6) is -0.715. The molecule has 0 saturated carbocycles. The van der Waals surface area contributed by atoms with E-state index in [1.54, 1.807) is 0 Å². The van der Waals surface area contributed by atoms with Crippen LogP contribution in [0.4, 0.5) is 13.2 Å². The summed E-state index contributed by atoms with van der Waals surface area (Å²) in [4.78, 5) is 23.2. The lowest BCUT2D eigenvalue weighted by Crippen LogP contribution is -2.32. The molecule has 0 bridgehead atoms. The summed E-state index contributed by atoms with van der Waals surface area (Å²) >= 11 is 0. The van der Waals surface area contributed by atoms with Gasteiger partial charge in [-0.1, -0.05) is 24.3 Å². The normalized spacial score (nSPS) is 13.0. The molecule has 0 aromatic heterocycles. The van der Waals surface area contributed by atoms with Gasteiger partial charge in [0.05, 0.1) is 16.5 Å². The van der Waals surface area contributed by atoms with Crippen molar-refractivity contribution in [2.24, 2.45) is 0 Å². The number of carbonyl (C=O) groups excluding carboxylic acids is 2. The Balaban J connectivity index is 1.90. The second-order valence-electron chi connectivity index (χ2n) is 6.64. The molecule has 0 aliphatic rings. The average molecular weight is 442 g/mol. The van der Waals surface area contributed by atoms with Crippen molar-refractivity contribution in [3.05, 3.63) is 65.2 Å². The number of alkyl halides is 3. The van der Waals surface area contributed by atoms with E-state index in [4.69, 9.17) is 0 Å². The predicted molar refractivity (Wildman–Crippen MR) is 104 cm³/mol. The number of nitrogens with one attached hydrogen (secondary N) is 2. The second-order valence-corrected chi connectivity index (χ2v) is 8.41. The molecule has 1 unspecified atom stereocenters. The van der Waals surface area contributed by atoms with Crippen LogP contribution < -0.4 is 10.0 Å². The number of hydrogen-bond donors (Lipinski definition) is 2. The number of benzene rings is 2. The molecule has 6 nitrogen and oxygen atoms in total. The number of sulfonamides is 1. The van der Waals surface area contributed by atoms with Gasteiger partial charge in [-0.05, 0) is 43.7 Å². The molecule has 2 rings (SSSR count). The maximum atomic E-state index is 12.8.